The lowest BCUT2D eigenvalue weighted by Crippen LogP contribution is -2.25. The lowest BCUT2D eigenvalue weighted by molar-refractivity contribution is 0.272. The molecule has 0 fully saturated rings. The van der Waals surface area contributed by atoms with Crippen LogP contribution in [0.15, 0.2) is 36.5 Å². The smallest absolute Gasteiger partial charge is 0.0540 e. The summed E-state index contributed by atoms with van der Waals surface area (Å²) in [4.78, 5) is 0. The highest BCUT2D eigenvalue weighted by Crippen LogP contribution is 2.24. The van der Waals surface area contributed by atoms with Crippen LogP contribution in [-0.4, -0.2) is 21.5 Å². The fraction of sp³-hybridized carbons (Fsp3) is 0.471. The molecule has 0 bridgehead atoms. The van der Waals surface area contributed by atoms with E-state index in [-0.39, 0.29) is 18.7 Å². The minimum atomic E-state index is 0.225. The van der Waals surface area contributed by atoms with E-state index in [1.54, 1.807) is 0 Å². The number of rotatable bonds is 7. The number of aromatic nitrogens is 2. The highest BCUT2D eigenvalue weighted by molar-refractivity contribution is 5.23. The van der Waals surface area contributed by atoms with Crippen LogP contribution in [0, 0.1) is 6.92 Å². The van der Waals surface area contributed by atoms with Crippen LogP contribution in [0.5, 0.6) is 0 Å². The minimum Gasteiger partial charge on any atom is -0.396 e. The van der Waals surface area contributed by atoms with Crippen molar-refractivity contribution in [3.05, 3.63) is 53.3 Å². The van der Waals surface area contributed by atoms with Gasteiger partial charge in [0.05, 0.1) is 6.20 Å². The molecule has 4 nitrogen and oxygen atoms in total. The summed E-state index contributed by atoms with van der Waals surface area (Å²) in [6.07, 6.45) is 3.65. The number of nitrogens with one attached hydrogen (secondary N) is 1. The lowest BCUT2D eigenvalue weighted by atomic mass is 9.99. The fourth-order valence-corrected chi connectivity index (χ4v) is 2.66. The van der Waals surface area contributed by atoms with Crippen molar-refractivity contribution in [3.63, 3.8) is 0 Å². The number of hydrogen-bond acceptors (Lipinski definition) is 3. The maximum absolute atomic E-state index is 9.12. The van der Waals surface area contributed by atoms with Crippen molar-refractivity contribution >= 4 is 0 Å². The Morgan fingerprint density at radius 3 is 2.57 bits per heavy atom. The molecular weight excluding hydrogens is 262 g/mol. The molecule has 0 saturated carbocycles. The van der Waals surface area contributed by atoms with Gasteiger partial charge in [0.15, 0.2) is 0 Å². The molecule has 0 aliphatic carbocycles. The standard InChI is InChI=1S/C17H25N3O/c1-13(16-12-18-20(3)14(16)2)19-17(10-7-11-21)15-8-5-4-6-9-15/h4-6,8-9,12-13,17,19,21H,7,10-11H2,1-3H3. The quantitative estimate of drug-likeness (QED) is 0.823. The Hall–Kier alpha value is -1.65. The summed E-state index contributed by atoms with van der Waals surface area (Å²) < 4.78 is 1.90. The number of aryl methyl sites for hydroxylation is 1. The summed E-state index contributed by atoms with van der Waals surface area (Å²) in [5.74, 6) is 0. The SMILES string of the molecule is Cc1c(C(C)NC(CCCO)c2ccccc2)cnn1C. The summed E-state index contributed by atoms with van der Waals surface area (Å²) in [6.45, 7) is 4.48. The van der Waals surface area contributed by atoms with Gasteiger partial charge in [0.25, 0.3) is 0 Å². The third kappa shape index (κ3) is 3.93. The van der Waals surface area contributed by atoms with Gasteiger partial charge in [-0.25, -0.2) is 0 Å². The zero-order chi connectivity index (χ0) is 15.2. The van der Waals surface area contributed by atoms with Crippen LogP contribution >= 0.6 is 0 Å². The molecule has 0 aliphatic heterocycles. The van der Waals surface area contributed by atoms with Gasteiger partial charge in [-0.3, -0.25) is 4.68 Å². The van der Waals surface area contributed by atoms with Crippen LogP contribution in [0.1, 0.15) is 48.7 Å². The Morgan fingerprint density at radius 1 is 1.29 bits per heavy atom. The molecule has 114 valence electrons. The van der Waals surface area contributed by atoms with Crippen molar-refractivity contribution in [2.45, 2.75) is 38.8 Å². The van der Waals surface area contributed by atoms with Gasteiger partial charge >= 0.3 is 0 Å². The Kier molecular flexibility index (Phi) is 5.53. The molecule has 0 saturated heterocycles. The summed E-state index contributed by atoms with van der Waals surface area (Å²) in [7, 11) is 1.96. The van der Waals surface area contributed by atoms with E-state index >= 15 is 0 Å². The zero-order valence-corrected chi connectivity index (χ0v) is 13.1. The molecule has 2 unspecified atom stereocenters. The molecule has 0 spiro atoms. The van der Waals surface area contributed by atoms with E-state index in [1.807, 2.05) is 24.0 Å². The molecule has 1 heterocycles. The van der Waals surface area contributed by atoms with E-state index in [2.05, 4.69) is 48.5 Å². The molecule has 0 radical (unpaired) electrons. The molecule has 2 rings (SSSR count). The molecular formula is C17H25N3O. The summed E-state index contributed by atoms with van der Waals surface area (Å²) >= 11 is 0. The molecule has 0 amide bonds. The van der Waals surface area contributed by atoms with Gasteiger partial charge in [-0.15, -0.1) is 0 Å². The number of aliphatic hydroxyl groups is 1. The van der Waals surface area contributed by atoms with Crippen molar-refractivity contribution < 1.29 is 5.11 Å². The summed E-state index contributed by atoms with van der Waals surface area (Å²) in [5.41, 5.74) is 3.67. The van der Waals surface area contributed by atoms with Gasteiger partial charge in [-0.1, -0.05) is 30.3 Å². The predicted molar refractivity (Wildman–Crippen MR) is 85.0 cm³/mol. The van der Waals surface area contributed by atoms with E-state index in [1.165, 1.54) is 16.8 Å². The molecule has 2 atom stereocenters. The van der Waals surface area contributed by atoms with Gasteiger partial charge in [-0.05, 0) is 32.3 Å². The first-order valence-electron chi connectivity index (χ1n) is 7.53. The Bertz CT molecular complexity index is 550. The third-order valence-corrected chi connectivity index (χ3v) is 4.04. The van der Waals surface area contributed by atoms with Gasteiger partial charge < -0.3 is 10.4 Å². The lowest BCUT2D eigenvalue weighted by Gasteiger charge is -2.24. The fourth-order valence-electron chi connectivity index (χ4n) is 2.66. The first-order valence-corrected chi connectivity index (χ1v) is 7.53. The second kappa shape index (κ2) is 7.38. The first kappa shape index (κ1) is 15.7. The van der Waals surface area contributed by atoms with Crippen LogP contribution in [0.25, 0.3) is 0 Å². The van der Waals surface area contributed by atoms with Gasteiger partial charge in [0.2, 0.25) is 0 Å². The van der Waals surface area contributed by atoms with Gasteiger partial charge in [-0.2, -0.15) is 5.10 Å². The molecule has 2 aromatic rings. The van der Waals surface area contributed by atoms with Crippen LogP contribution in [0.2, 0.25) is 0 Å². The average Bonchev–Trinajstić information content (AvgIpc) is 2.84. The van der Waals surface area contributed by atoms with Gasteiger partial charge in [0, 0.05) is 37.0 Å². The van der Waals surface area contributed by atoms with E-state index in [4.69, 9.17) is 5.11 Å². The molecule has 21 heavy (non-hydrogen) atoms. The zero-order valence-electron chi connectivity index (χ0n) is 13.1. The molecule has 0 aliphatic rings. The molecule has 1 aromatic heterocycles. The molecule has 2 N–H and O–H groups in total. The summed E-state index contributed by atoms with van der Waals surface area (Å²) in [6, 6.07) is 10.9. The van der Waals surface area contributed by atoms with Crippen molar-refractivity contribution in [1.82, 2.24) is 15.1 Å². The molecule has 4 heteroatoms. The number of hydrogen-bond donors (Lipinski definition) is 2. The summed E-state index contributed by atoms with van der Waals surface area (Å²) in [5, 5.41) is 17.1. The number of benzene rings is 1. The topological polar surface area (TPSA) is 50.1 Å². The van der Waals surface area contributed by atoms with Gasteiger partial charge in [0.1, 0.15) is 0 Å². The van der Waals surface area contributed by atoms with Crippen LogP contribution in [-0.2, 0) is 7.05 Å². The van der Waals surface area contributed by atoms with E-state index in [0.717, 1.165) is 12.8 Å². The first-order chi connectivity index (χ1) is 10.1. The predicted octanol–water partition coefficient (Wildman–Crippen LogP) is 2.89. The van der Waals surface area contributed by atoms with Crippen LogP contribution in [0.3, 0.4) is 0 Å². The Labute approximate surface area is 126 Å². The van der Waals surface area contributed by atoms with E-state index in [0.29, 0.717) is 0 Å². The van der Waals surface area contributed by atoms with E-state index in [9.17, 15) is 0 Å². The van der Waals surface area contributed by atoms with Crippen LogP contribution in [0.4, 0.5) is 0 Å². The maximum Gasteiger partial charge on any atom is 0.0540 e. The molecule has 1 aromatic carbocycles. The van der Waals surface area contributed by atoms with E-state index < -0.39 is 0 Å². The number of nitrogens with zero attached hydrogens (tertiary/aromatic N) is 2. The highest BCUT2D eigenvalue weighted by atomic mass is 16.2. The maximum atomic E-state index is 9.12. The third-order valence-electron chi connectivity index (χ3n) is 4.04. The van der Waals surface area contributed by atoms with Crippen molar-refractivity contribution in [2.75, 3.05) is 6.61 Å². The number of aliphatic hydroxyl groups excluding tert-OH is 1. The monoisotopic (exact) mass is 287 g/mol. The second-order valence-electron chi connectivity index (χ2n) is 5.53. The van der Waals surface area contributed by atoms with Crippen molar-refractivity contribution in [2.24, 2.45) is 7.05 Å². The van der Waals surface area contributed by atoms with Crippen molar-refractivity contribution in [1.29, 1.82) is 0 Å². The highest BCUT2D eigenvalue weighted by Gasteiger charge is 2.17. The Balaban J connectivity index is 2.13. The van der Waals surface area contributed by atoms with Crippen LogP contribution < -0.4 is 5.32 Å². The largest absolute Gasteiger partial charge is 0.396 e. The normalized spacial score (nSPS) is 14.1. The average molecular weight is 287 g/mol. The minimum absolute atomic E-state index is 0.225. The van der Waals surface area contributed by atoms with Crippen molar-refractivity contribution in [3.8, 4) is 0 Å². The Morgan fingerprint density at radius 2 is 2.00 bits per heavy atom. The second-order valence-corrected chi connectivity index (χ2v) is 5.53.